The average Bonchev–Trinajstić information content (AvgIpc) is 3.27. The van der Waals surface area contributed by atoms with Crippen molar-refractivity contribution < 1.29 is 14.3 Å². The number of amides is 1. The van der Waals surface area contributed by atoms with Gasteiger partial charge in [-0.15, -0.1) is 12.4 Å². The largest absolute Gasteiger partial charge is 0.486 e. The number of fused-ring (bicyclic) bond motifs is 3. The highest BCUT2D eigenvalue weighted by atomic mass is 35.5. The van der Waals surface area contributed by atoms with Crippen LogP contribution in [0.15, 0.2) is 30.3 Å². The van der Waals surface area contributed by atoms with E-state index in [0.29, 0.717) is 19.8 Å². The maximum atomic E-state index is 13.8. The summed E-state index contributed by atoms with van der Waals surface area (Å²) >= 11 is 1.54. The summed E-state index contributed by atoms with van der Waals surface area (Å²) in [5, 5.41) is 0.724. The van der Waals surface area contributed by atoms with Gasteiger partial charge in [0.2, 0.25) is 0 Å². The van der Waals surface area contributed by atoms with Crippen LogP contribution in [0.1, 0.15) is 48.2 Å². The highest BCUT2D eigenvalue weighted by molar-refractivity contribution is 7.22. The molecule has 5 rings (SSSR count). The number of thiazole rings is 1. The number of hydrogen-bond acceptors (Lipinski definition) is 6. The van der Waals surface area contributed by atoms with E-state index in [1.807, 2.05) is 23.1 Å². The topological polar surface area (TPSA) is 54.9 Å². The SMILES string of the molecule is CCN(CC)CCN(C(=O)c1ccc2c(c1)CCCC2)c1nc2cc3c(cc2s1)OCCO3.Cl. The van der Waals surface area contributed by atoms with Crippen molar-refractivity contribution in [1.29, 1.82) is 0 Å². The molecule has 0 N–H and O–H groups in total. The zero-order chi connectivity index (χ0) is 22.8. The lowest BCUT2D eigenvalue weighted by Gasteiger charge is -2.25. The molecule has 2 aromatic carbocycles. The second kappa shape index (κ2) is 10.9. The van der Waals surface area contributed by atoms with E-state index in [2.05, 4.69) is 30.9 Å². The Balaban J connectivity index is 0.00000274. The van der Waals surface area contributed by atoms with Gasteiger partial charge >= 0.3 is 0 Å². The molecule has 1 aromatic heterocycles. The van der Waals surface area contributed by atoms with Crippen LogP contribution in [0.2, 0.25) is 0 Å². The molecular formula is C26H32ClN3O3S. The number of aryl methyl sites for hydroxylation is 2. The number of ether oxygens (including phenoxy) is 2. The summed E-state index contributed by atoms with van der Waals surface area (Å²) in [5.41, 5.74) is 4.30. The fourth-order valence-electron chi connectivity index (χ4n) is 4.66. The van der Waals surface area contributed by atoms with E-state index in [1.54, 1.807) is 0 Å². The van der Waals surface area contributed by atoms with Crippen LogP contribution in [0.4, 0.5) is 5.13 Å². The predicted molar refractivity (Wildman–Crippen MR) is 140 cm³/mol. The molecule has 6 nitrogen and oxygen atoms in total. The third-order valence-corrected chi connectivity index (χ3v) is 7.69. The van der Waals surface area contributed by atoms with Crippen LogP contribution in [0.3, 0.4) is 0 Å². The van der Waals surface area contributed by atoms with E-state index in [9.17, 15) is 4.79 Å². The molecular weight excluding hydrogens is 470 g/mol. The molecule has 3 aromatic rings. The number of nitrogens with zero attached hydrogens (tertiary/aromatic N) is 3. The summed E-state index contributed by atoms with van der Waals surface area (Å²) in [6.07, 6.45) is 4.60. The maximum absolute atomic E-state index is 13.8. The molecule has 1 amide bonds. The second-order valence-electron chi connectivity index (χ2n) is 8.63. The molecule has 0 radical (unpaired) electrons. The van der Waals surface area contributed by atoms with Crippen LogP contribution in [0.25, 0.3) is 10.2 Å². The van der Waals surface area contributed by atoms with E-state index in [4.69, 9.17) is 14.5 Å². The summed E-state index contributed by atoms with van der Waals surface area (Å²) in [7, 11) is 0. The van der Waals surface area contributed by atoms with Crippen molar-refractivity contribution in [2.45, 2.75) is 39.5 Å². The number of anilines is 1. The van der Waals surface area contributed by atoms with Gasteiger partial charge in [-0.05, 0) is 62.0 Å². The number of carbonyl (C=O) groups is 1. The van der Waals surface area contributed by atoms with E-state index < -0.39 is 0 Å². The molecule has 0 saturated carbocycles. The van der Waals surface area contributed by atoms with Gasteiger partial charge in [0.1, 0.15) is 13.2 Å². The first-order chi connectivity index (χ1) is 16.2. The molecule has 2 aliphatic rings. The van der Waals surface area contributed by atoms with Crippen LogP contribution in [0, 0.1) is 0 Å². The predicted octanol–water partition coefficient (Wildman–Crippen LogP) is 5.36. The highest BCUT2D eigenvalue weighted by Gasteiger charge is 2.24. The summed E-state index contributed by atoms with van der Waals surface area (Å²) in [4.78, 5) is 22.8. The van der Waals surface area contributed by atoms with Crippen molar-refractivity contribution in [1.82, 2.24) is 9.88 Å². The Bertz CT molecular complexity index is 1120. The molecule has 2 heterocycles. The summed E-state index contributed by atoms with van der Waals surface area (Å²) in [6.45, 7) is 8.73. The summed E-state index contributed by atoms with van der Waals surface area (Å²) in [5.74, 6) is 1.49. The molecule has 8 heteroatoms. The third-order valence-electron chi connectivity index (χ3n) is 6.65. The summed E-state index contributed by atoms with van der Waals surface area (Å²) in [6, 6.07) is 10.2. The van der Waals surface area contributed by atoms with Crippen LogP contribution < -0.4 is 14.4 Å². The summed E-state index contributed by atoms with van der Waals surface area (Å²) < 4.78 is 12.5. The van der Waals surface area contributed by atoms with Crippen molar-refractivity contribution in [3.63, 3.8) is 0 Å². The Kier molecular flexibility index (Phi) is 7.96. The maximum Gasteiger partial charge on any atom is 0.260 e. The zero-order valence-corrected chi connectivity index (χ0v) is 21.5. The van der Waals surface area contributed by atoms with Crippen molar-refractivity contribution in [3.8, 4) is 11.5 Å². The van der Waals surface area contributed by atoms with Crippen LogP contribution in [0.5, 0.6) is 11.5 Å². The number of halogens is 1. The second-order valence-corrected chi connectivity index (χ2v) is 9.64. The number of carbonyl (C=O) groups excluding carboxylic acids is 1. The van der Waals surface area contributed by atoms with Gasteiger partial charge in [-0.3, -0.25) is 9.69 Å². The number of hydrogen-bond donors (Lipinski definition) is 0. The smallest absolute Gasteiger partial charge is 0.260 e. The Morgan fingerprint density at radius 2 is 1.68 bits per heavy atom. The van der Waals surface area contributed by atoms with Gasteiger partial charge in [-0.25, -0.2) is 4.98 Å². The Labute approximate surface area is 211 Å². The number of rotatable bonds is 7. The van der Waals surface area contributed by atoms with E-state index in [0.717, 1.165) is 64.9 Å². The highest BCUT2D eigenvalue weighted by Crippen LogP contribution is 2.39. The third kappa shape index (κ3) is 5.02. The van der Waals surface area contributed by atoms with Crippen molar-refractivity contribution >= 4 is 45.0 Å². The van der Waals surface area contributed by atoms with Gasteiger partial charge in [0.15, 0.2) is 16.6 Å². The zero-order valence-electron chi connectivity index (χ0n) is 19.8. The van der Waals surface area contributed by atoms with Crippen LogP contribution in [-0.2, 0) is 12.8 Å². The molecule has 1 aliphatic heterocycles. The normalized spacial score (nSPS) is 14.6. The molecule has 1 aliphatic carbocycles. The first-order valence-corrected chi connectivity index (χ1v) is 12.8. The van der Waals surface area contributed by atoms with Crippen molar-refractivity contribution in [2.24, 2.45) is 0 Å². The van der Waals surface area contributed by atoms with Gasteiger partial charge in [-0.1, -0.05) is 31.3 Å². The molecule has 0 fully saturated rings. The fourth-order valence-corrected chi connectivity index (χ4v) is 5.66. The molecule has 0 atom stereocenters. The Morgan fingerprint density at radius 3 is 2.41 bits per heavy atom. The average molecular weight is 502 g/mol. The van der Waals surface area contributed by atoms with Crippen molar-refractivity contribution in [3.05, 3.63) is 47.0 Å². The lowest BCUT2D eigenvalue weighted by molar-refractivity contribution is 0.0983. The van der Waals surface area contributed by atoms with E-state index in [-0.39, 0.29) is 18.3 Å². The lowest BCUT2D eigenvalue weighted by atomic mass is 9.90. The minimum absolute atomic E-state index is 0. The molecule has 0 spiro atoms. The van der Waals surface area contributed by atoms with E-state index >= 15 is 0 Å². The van der Waals surface area contributed by atoms with Gasteiger partial charge < -0.3 is 14.4 Å². The van der Waals surface area contributed by atoms with Gasteiger partial charge in [0.05, 0.1) is 10.2 Å². The monoisotopic (exact) mass is 501 g/mol. The minimum atomic E-state index is 0. The molecule has 0 saturated heterocycles. The van der Waals surface area contributed by atoms with Crippen molar-refractivity contribution in [2.75, 3.05) is 44.3 Å². The Morgan fingerprint density at radius 1 is 0.971 bits per heavy atom. The Hall–Kier alpha value is -2.35. The molecule has 0 bridgehead atoms. The lowest BCUT2D eigenvalue weighted by Crippen LogP contribution is -2.39. The number of benzene rings is 2. The van der Waals surface area contributed by atoms with Crippen LogP contribution in [-0.4, -0.2) is 55.2 Å². The molecule has 34 heavy (non-hydrogen) atoms. The number of likely N-dealkylation sites (N-methyl/N-ethyl adjacent to an activating group) is 1. The molecule has 182 valence electrons. The molecule has 0 unspecified atom stereocenters. The van der Waals surface area contributed by atoms with Gasteiger partial charge in [0, 0.05) is 30.8 Å². The first kappa shape index (κ1) is 24.8. The standard InChI is InChI=1S/C26H31N3O3S.ClH/c1-3-28(4-2)11-12-29(25(30)20-10-9-18-7-5-6-8-19(18)15-20)26-27-21-16-22-23(17-24(21)33-26)32-14-13-31-22;/h9-10,15-17H,3-8,11-14H2,1-2H3;1H. The van der Waals surface area contributed by atoms with Gasteiger partial charge in [-0.2, -0.15) is 0 Å². The fraction of sp³-hybridized carbons (Fsp3) is 0.462. The van der Waals surface area contributed by atoms with Crippen LogP contribution >= 0.6 is 23.7 Å². The first-order valence-electron chi connectivity index (χ1n) is 12.0. The number of aromatic nitrogens is 1. The van der Waals surface area contributed by atoms with Gasteiger partial charge in [0.25, 0.3) is 5.91 Å². The quantitative estimate of drug-likeness (QED) is 0.436. The minimum Gasteiger partial charge on any atom is -0.486 e. The van der Waals surface area contributed by atoms with E-state index in [1.165, 1.54) is 35.3 Å².